The van der Waals surface area contributed by atoms with Gasteiger partial charge < -0.3 is 4.74 Å². The van der Waals surface area contributed by atoms with Crippen LogP contribution >= 0.6 is 0 Å². The molecule has 0 N–H and O–H groups in total. The lowest BCUT2D eigenvalue weighted by molar-refractivity contribution is 0.0965. The molecule has 2 aromatic carbocycles. The van der Waals surface area contributed by atoms with Gasteiger partial charge in [0.25, 0.3) is 0 Å². The van der Waals surface area contributed by atoms with E-state index in [-0.39, 0.29) is 11.7 Å². The van der Waals surface area contributed by atoms with Crippen molar-refractivity contribution in [1.29, 1.82) is 0 Å². The number of rotatable bonds is 5. The van der Waals surface area contributed by atoms with Crippen LogP contribution in [0.25, 0.3) is 0 Å². The Hall–Kier alpha value is -2.35. The maximum Gasteiger partial charge on any atom is 0.163 e. The van der Waals surface area contributed by atoms with Crippen molar-refractivity contribution in [3.05, 3.63) is 77.9 Å². The Morgan fingerprint density at radius 2 is 2.04 bits per heavy atom. The highest BCUT2D eigenvalue weighted by Gasteiger charge is 2.30. The van der Waals surface area contributed by atoms with E-state index in [4.69, 9.17) is 4.74 Å². The molecule has 118 valence electrons. The first-order valence-corrected chi connectivity index (χ1v) is 8.10. The van der Waals surface area contributed by atoms with Crippen molar-refractivity contribution >= 4 is 5.78 Å². The van der Waals surface area contributed by atoms with E-state index in [1.54, 1.807) is 7.11 Å². The van der Waals surface area contributed by atoms with Crippen LogP contribution in [0.4, 0.5) is 0 Å². The molecule has 1 aliphatic carbocycles. The molecule has 0 saturated carbocycles. The van der Waals surface area contributed by atoms with Gasteiger partial charge in [0.05, 0.1) is 7.11 Å². The van der Waals surface area contributed by atoms with Gasteiger partial charge in [0.1, 0.15) is 5.75 Å². The summed E-state index contributed by atoms with van der Waals surface area (Å²) < 4.78 is 5.33. The molecule has 2 nitrogen and oxygen atoms in total. The lowest BCUT2D eigenvalue weighted by Crippen LogP contribution is -2.22. The van der Waals surface area contributed by atoms with Crippen LogP contribution in [0, 0.1) is 5.92 Å². The average molecular weight is 306 g/mol. The predicted octanol–water partition coefficient (Wildman–Crippen LogP) is 4.80. The van der Waals surface area contributed by atoms with Crippen molar-refractivity contribution in [2.75, 3.05) is 7.11 Å². The van der Waals surface area contributed by atoms with Gasteiger partial charge in [0, 0.05) is 12.0 Å². The van der Waals surface area contributed by atoms with E-state index in [1.807, 2.05) is 42.5 Å². The molecule has 0 saturated heterocycles. The molecule has 0 heterocycles. The highest BCUT2D eigenvalue weighted by molar-refractivity contribution is 5.96. The summed E-state index contributed by atoms with van der Waals surface area (Å²) in [5.41, 5.74) is 3.36. The molecule has 0 amide bonds. The Morgan fingerprint density at radius 1 is 1.26 bits per heavy atom. The zero-order chi connectivity index (χ0) is 16.2. The number of ketones is 1. The second kappa shape index (κ2) is 6.82. The van der Waals surface area contributed by atoms with Gasteiger partial charge in [-0.2, -0.15) is 0 Å². The standard InChI is InChI=1S/C21H22O2/c1-3-15-9-10-17-13-18(23-2)11-12-19(17)20(15)14-21(22)16-7-5-4-6-8-16/h3-8,11-13,15,20H,1,9-10,14H2,2H3/t15-,20+/m1/s1. The zero-order valence-corrected chi connectivity index (χ0v) is 13.5. The number of aryl methyl sites for hydroxylation is 1. The zero-order valence-electron chi connectivity index (χ0n) is 13.5. The van der Waals surface area contributed by atoms with Crippen LogP contribution in [0.1, 0.15) is 40.2 Å². The molecule has 0 aromatic heterocycles. The van der Waals surface area contributed by atoms with E-state index >= 15 is 0 Å². The van der Waals surface area contributed by atoms with E-state index in [1.165, 1.54) is 11.1 Å². The van der Waals surface area contributed by atoms with Crippen LogP contribution in [0.5, 0.6) is 5.75 Å². The Balaban J connectivity index is 1.90. The maximum absolute atomic E-state index is 12.6. The smallest absolute Gasteiger partial charge is 0.163 e. The van der Waals surface area contributed by atoms with Crippen LogP contribution in [0.3, 0.4) is 0 Å². The van der Waals surface area contributed by atoms with Crippen molar-refractivity contribution in [1.82, 2.24) is 0 Å². The largest absolute Gasteiger partial charge is 0.497 e. The van der Waals surface area contributed by atoms with E-state index in [0.717, 1.165) is 24.2 Å². The van der Waals surface area contributed by atoms with Crippen molar-refractivity contribution < 1.29 is 9.53 Å². The van der Waals surface area contributed by atoms with Gasteiger partial charge in [-0.05, 0) is 47.9 Å². The summed E-state index contributed by atoms with van der Waals surface area (Å²) in [5, 5.41) is 0. The van der Waals surface area contributed by atoms with E-state index in [0.29, 0.717) is 12.3 Å². The third-order valence-electron chi connectivity index (χ3n) is 4.82. The van der Waals surface area contributed by atoms with E-state index in [9.17, 15) is 4.79 Å². The van der Waals surface area contributed by atoms with Gasteiger partial charge in [-0.15, -0.1) is 6.58 Å². The van der Waals surface area contributed by atoms with Crippen LogP contribution in [0.2, 0.25) is 0 Å². The topological polar surface area (TPSA) is 26.3 Å². The number of methoxy groups -OCH3 is 1. The summed E-state index contributed by atoms with van der Waals surface area (Å²) >= 11 is 0. The van der Waals surface area contributed by atoms with E-state index < -0.39 is 0 Å². The minimum Gasteiger partial charge on any atom is -0.497 e. The van der Waals surface area contributed by atoms with E-state index in [2.05, 4.69) is 18.7 Å². The minimum absolute atomic E-state index is 0.200. The second-order valence-electron chi connectivity index (χ2n) is 6.10. The van der Waals surface area contributed by atoms with Crippen molar-refractivity contribution in [2.24, 2.45) is 5.92 Å². The highest BCUT2D eigenvalue weighted by atomic mass is 16.5. The molecule has 3 rings (SSSR count). The van der Waals surface area contributed by atoms with Crippen LogP contribution in [-0.4, -0.2) is 12.9 Å². The first-order valence-electron chi connectivity index (χ1n) is 8.10. The van der Waals surface area contributed by atoms with Gasteiger partial charge in [0.2, 0.25) is 0 Å². The lowest BCUT2D eigenvalue weighted by atomic mass is 9.72. The van der Waals surface area contributed by atoms with Crippen molar-refractivity contribution in [3.63, 3.8) is 0 Å². The quantitative estimate of drug-likeness (QED) is 0.586. The molecule has 2 atom stereocenters. The second-order valence-corrected chi connectivity index (χ2v) is 6.10. The molecular formula is C21H22O2. The number of fused-ring (bicyclic) bond motifs is 1. The SMILES string of the molecule is C=C[C@@H]1CCc2cc(OC)ccc2[C@H]1CC(=O)c1ccccc1. The summed E-state index contributed by atoms with van der Waals surface area (Å²) in [5.74, 6) is 1.64. The molecule has 0 aliphatic heterocycles. The summed E-state index contributed by atoms with van der Waals surface area (Å²) in [7, 11) is 1.69. The molecule has 0 bridgehead atoms. The molecule has 2 heteroatoms. The Kier molecular flexibility index (Phi) is 4.61. The first kappa shape index (κ1) is 15.5. The van der Waals surface area contributed by atoms with Crippen LogP contribution in [-0.2, 0) is 6.42 Å². The Morgan fingerprint density at radius 3 is 2.74 bits per heavy atom. The number of hydrogen-bond acceptors (Lipinski definition) is 2. The molecule has 0 spiro atoms. The van der Waals surface area contributed by atoms with Gasteiger partial charge in [-0.25, -0.2) is 0 Å². The molecular weight excluding hydrogens is 284 g/mol. The fraction of sp³-hybridized carbons (Fsp3) is 0.286. The van der Waals surface area contributed by atoms with Crippen LogP contribution < -0.4 is 4.74 Å². The van der Waals surface area contributed by atoms with Crippen molar-refractivity contribution in [2.45, 2.75) is 25.2 Å². The Labute approximate surface area is 137 Å². The third kappa shape index (κ3) is 3.21. The fourth-order valence-corrected chi connectivity index (χ4v) is 3.53. The van der Waals surface area contributed by atoms with Gasteiger partial charge >= 0.3 is 0 Å². The monoisotopic (exact) mass is 306 g/mol. The maximum atomic E-state index is 12.6. The molecule has 0 unspecified atom stereocenters. The summed E-state index contributed by atoms with van der Waals surface area (Å²) in [6, 6.07) is 15.8. The number of benzene rings is 2. The minimum atomic E-state index is 0.200. The molecule has 0 radical (unpaired) electrons. The van der Waals surface area contributed by atoms with Gasteiger partial charge in [-0.3, -0.25) is 4.79 Å². The molecule has 23 heavy (non-hydrogen) atoms. The predicted molar refractivity (Wildman–Crippen MR) is 93.1 cm³/mol. The summed E-state index contributed by atoms with van der Waals surface area (Å²) in [6.07, 6.45) is 4.59. The molecule has 0 fully saturated rings. The number of carbonyl (C=O) groups is 1. The van der Waals surface area contributed by atoms with Gasteiger partial charge in [-0.1, -0.05) is 42.5 Å². The lowest BCUT2D eigenvalue weighted by Gasteiger charge is -2.32. The Bertz CT molecular complexity index is 703. The number of carbonyl (C=O) groups excluding carboxylic acids is 1. The average Bonchev–Trinajstić information content (AvgIpc) is 2.62. The summed E-state index contributed by atoms with van der Waals surface area (Å²) in [4.78, 5) is 12.6. The van der Waals surface area contributed by atoms with Gasteiger partial charge in [0.15, 0.2) is 5.78 Å². The normalized spacial score (nSPS) is 19.7. The summed E-state index contributed by atoms with van der Waals surface area (Å²) in [6.45, 7) is 3.99. The fourth-order valence-electron chi connectivity index (χ4n) is 3.53. The molecule has 2 aromatic rings. The van der Waals surface area contributed by atoms with Crippen molar-refractivity contribution in [3.8, 4) is 5.75 Å². The number of ether oxygens (including phenoxy) is 1. The number of Topliss-reactive ketones (excluding diaryl/α,β-unsaturated/α-hetero) is 1. The number of allylic oxidation sites excluding steroid dienone is 1. The number of hydrogen-bond donors (Lipinski definition) is 0. The highest BCUT2D eigenvalue weighted by Crippen LogP contribution is 2.41. The molecule has 1 aliphatic rings. The first-order chi connectivity index (χ1) is 11.2. The third-order valence-corrected chi connectivity index (χ3v) is 4.82. The van der Waals surface area contributed by atoms with Crippen LogP contribution in [0.15, 0.2) is 61.2 Å².